The zero-order valence-corrected chi connectivity index (χ0v) is 20.2. The monoisotopic (exact) mass is 487 g/mol. The predicted octanol–water partition coefficient (Wildman–Crippen LogP) is 3.10. The number of halogens is 2. The Morgan fingerprint density at radius 3 is 2.85 bits per heavy atom. The van der Waals surface area contributed by atoms with Gasteiger partial charge in [-0.2, -0.15) is 5.10 Å². The summed E-state index contributed by atoms with van der Waals surface area (Å²) in [6.07, 6.45) is 1.18. The molecular formula is C24H27ClFN5O3. The van der Waals surface area contributed by atoms with E-state index < -0.39 is 12.3 Å². The van der Waals surface area contributed by atoms with Crippen molar-refractivity contribution in [3.05, 3.63) is 40.4 Å². The molecule has 0 amide bonds. The van der Waals surface area contributed by atoms with Gasteiger partial charge in [0.1, 0.15) is 11.6 Å². The Hall–Kier alpha value is -2.78. The molecular weight excluding hydrogens is 461 g/mol. The smallest absolute Gasteiger partial charge is 0.214 e. The van der Waals surface area contributed by atoms with E-state index in [4.69, 9.17) is 26.2 Å². The van der Waals surface area contributed by atoms with E-state index in [1.165, 1.54) is 6.21 Å². The average molecular weight is 488 g/mol. The minimum absolute atomic E-state index is 0.0221. The van der Waals surface area contributed by atoms with Gasteiger partial charge in [0.2, 0.25) is 5.88 Å². The van der Waals surface area contributed by atoms with Gasteiger partial charge in [0.05, 0.1) is 44.2 Å². The minimum atomic E-state index is -1.26. The summed E-state index contributed by atoms with van der Waals surface area (Å²) in [4.78, 5) is 21.9. The van der Waals surface area contributed by atoms with Crippen molar-refractivity contribution in [1.82, 2.24) is 19.7 Å². The zero-order chi connectivity index (χ0) is 24.0. The Morgan fingerprint density at radius 2 is 2.12 bits per heavy atom. The quantitative estimate of drug-likeness (QED) is 0.622. The Bertz CT molecular complexity index is 1190. The van der Waals surface area contributed by atoms with Crippen molar-refractivity contribution in [2.45, 2.75) is 39.6 Å². The van der Waals surface area contributed by atoms with Gasteiger partial charge >= 0.3 is 0 Å². The van der Waals surface area contributed by atoms with Gasteiger partial charge in [-0.05, 0) is 25.5 Å². The molecule has 2 atom stereocenters. The molecule has 3 aliphatic rings. The van der Waals surface area contributed by atoms with Crippen LogP contribution >= 0.6 is 11.6 Å². The molecule has 3 aliphatic heterocycles. The van der Waals surface area contributed by atoms with Gasteiger partial charge in [-0.25, -0.2) is 9.37 Å². The van der Waals surface area contributed by atoms with Crippen LogP contribution in [0.1, 0.15) is 18.3 Å². The lowest BCUT2D eigenvalue weighted by Crippen LogP contribution is -2.43. The first-order valence-corrected chi connectivity index (χ1v) is 11.7. The summed E-state index contributed by atoms with van der Waals surface area (Å²) < 4.78 is 28.2. The molecule has 10 heteroatoms. The van der Waals surface area contributed by atoms with Crippen molar-refractivity contribution in [2.75, 3.05) is 32.8 Å². The highest BCUT2D eigenvalue weighted by molar-refractivity contribution is 6.44. The number of allylic oxidation sites excluding steroid dienone is 1. The number of likely N-dealkylation sites (tertiary alicyclic amines) is 1. The van der Waals surface area contributed by atoms with Crippen LogP contribution in [-0.4, -0.2) is 76.8 Å². The zero-order valence-electron chi connectivity index (χ0n) is 19.4. The van der Waals surface area contributed by atoms with Crippen LogP contribution in [0, 0.1) is 19.3 Å². The number of aliphatic imine (C=N–C) groups is 1. The van der Waals surface area contributed by atoms with E-state index >= 15 is 0 Å². The summed E-state index contributed by atoms with van der Waals surface area (Å²) >= 11 is 6.15. The van der Waals surface area contributed by atoms with Crippen LogP contribution in [0.25, 0.3) is 11.1 Å². The molecule has 8 nitrogen and oxygen atoms in total. The first-order valence-electron chi connectivity index (χ1n) is 11.3. The Morgan fingerprint density at radius 1 is 1.32 bits per heavy atom. The van der Waals surface area contributed by atoms with Crippen molar-refractivity contribution in [1.29, 1.82) is 0 Å². The first-order chi connectivity index (χ1) is 16.2. The predicted molar refractivity (Wildman–Crippen MR) is 126 cm³/mol. The number of nitrogens with zero attached hydrogens (tertiary/aromatic N) is 5. The maximum absolute atomic E-state index is 14.8. The summed E-state index contributed by atoms with van der Waals surface area (Å²) in [7, 11) is 0. The van der Waals surface area contributed by atoms with E-state index in [0.29, 0.717) is 11.6 Å². The van der Waals surface area contributed by atoms with E-state index in [-0.39, 0.29) is 35.9 Å². The number of carbonyl (C=O) groups excluding carboxylic acids is 1. The number of pyridine rings is 1. The summed E-state index contributed by atoms with van der Waals surface area (Å²) in [6.45, 7) is 8.83. The van der Waals surface area contributed by atoms with E-state index in [1.54, 1.807) is 11.1 Å². The lowest BCUT2D eigenvalue weighted by molar-refractivity contribution is -0.113. The molecule has 34 heavy (non-hydrogen) atoms. The second-order valence-electron chi connectivity index (χ2n) is 9.56. The Balaban J connectivity index is 1.33. The van der Waals surface area contributed by atoms with Crippen LogP contribution in [0.3, 0.4) is 0 Å². The number of ketones is 1. The second kappa shape index (κ2) is 8.78. The lowest BCUT2D eigenvalue weighted by Gasteiger charge is -2.38. The number of hydrogen-bond acceptors (Lipinski definition) is 7. The van der Waals surface area contributed by atoms with E-state index in [9.17, 15) is 9.18 Å². The molecule has 0 saturated carbocycles. The van der Waals surface area contributed by atoms with Crippen molar-refractivity contribution in [2.24, 2.45) is 10.4 Å². The molecule has 2 fully saturated rings. The summed E-state index contributed by atoms with van der Waals surface area (Å²) in [6, 6.07) is 3.73. The molecule has 5 rings (SSSR count). The van der Waals surface area contributed by atoms with Crippen LogP contribution in [0.4, 0.5) is 4.39 Å². The third kappa shape index (κ3) is 4.22. The normalized spacial score (nSPS) is 24.0. The number of carbonyl (C=O) groups is 1. The van der Waals surface area contributed by atoms with Crippen LogP contribution < -0.4 is 4.74 Å². The molecule has 0 aliphatic carbocycles. The van der Waals surface area contributed by atoms with Gasteiger partial charge in [-0.3, -0.25) is 14.5 Å². The molecule has 0 radical (unpaired) electrons. The van der Waals surface area contributed by atoms with E-state index in [0.717, 1.165) is 42.3 Å². The third-order valence-corrected chi connectivity index (χ3v) is 6.97. The fourth-order valence-corrected chi connectivity index (χ4v) is 4.93. The Kier molecular flexibility index (Phi) is 5.93. The number of dihydropyridines is 1. The minimum Gasteiger partial charge on any atom is -0.469 e. The maximum Gasteiger partial charge on any atom is 0.214 e. The number of aryl methyl sites for hydroxylation is 1. The van der Waals surface area contributed by atoms with Crippen LogP contribution in [0.5, 0.6) is 5.88 Å². The van der Waals surface area contributed by atoms with Gasteiger partial charge in [0.25, 0.3) is 0 Å². The molecule has 5 heterocycles. The molecule has 0 unspecified atom stereocenters. The molecule has 0 spiro atoms. The fraction of sp³-hybridized carbons (Fsp3) is 0.500. The lowest BCUT2D eigenvalue weighted by atomic mass is 9.89. The van der Waals surface area contributed by atoms with Crippen molar-refractivity contribution < 1.29 is 18.7 Å². The molecule has 0 N–H and O–H groups in total. The molecule has 2 saturated heterocycles. The van der Waals surface area contributed by atoms with Gasteiger partial charge in [-0.15, -0.1) is 0 Å². The van der Waals surface area contributed by atoms with Crippen LogP contribution in [0.15, 0.2) is 34.1 Å². The van der Waals surface area contributed by atoms with Crippen molar-refractivity contribution in [3.8, 4) is 17.0 Å². The van der Waals surface area contributed by atoms with E-state index in [2.05, 4.69) is 23.8 Å². The maximum atomic E-state index is 14.8. The molecule has 0 bridgehead atoms. The highest BCUT2D eigenvalue weighted by atomic mass is 35.5. The molecule has 2 aromatic rings. The number of Topliss-reactive ketones (excluding diaryl/α,β-unsaturated/α-hetero) is 1. The SMILES string of the molecule is Cc1nn(CC2(C)COC2)c(C)c1-c1ccnc(O[C@H]2CN(C3=C(Cl)C(=O)CN=C3)C[C@@H]2F)c1. The number of ether oxygens (including phenoxy) is 2. The highest BCUT2D eigenvalue weighted by Gasteiger charge is 2.38. The molecule has 0 aromatic carbocycles. The third-order valence-electron chi connectivity index (χ3n) is 6.57. The van der Waals surface area contributed by atoms with Crippen LogP contribution in [0.2, 0.25) is 0 Å². The number of hydrogen-bond donors (Lipinski definition) is 0. The topological polar surface area (TPSA) is 81.8 Å². The van der Waals surface area contributed by atoms with Crippen LogP contribution in [-0.2, 0) is 16.1 Å². The largest absolute Gasteiger partial charge is 0.469 e. The number of alkyl halides is 1. The standard InChI is InChI=1S/C24H27ClFN5O3/c1-14-22(15(2)31(29-14)11-24(3)12-33-13-24)16-4-5-28-21(6-16)34-20-10-30(9-17(20)26)18-7-27-8-19(32)23(18)25/h4-7,17,20H,8-13H2,1-3H3/t17-,20-/m0/s1. The average Bonchev–Trinajstić information content (AvgIpc) is 3.27. The van der Waals surface area contributed by atoms with Gasteiger partial charge < -0.3 is 14.4 Å². The number of rotatable bonds is 6. The van der Waals surface area contributed by atoms with Crippen molar-refractivity contribution >= 4 is 23.6 Å². The summed E-state index contributed by atoms with van der Waals surface area (Å²) in [5.41, 5.74) is 4.45. The fourth-order valence-electron chi connectivity index (χ4n) is 4.70. The number of aromatic nitrogens is 3. The van der Waals surface area contributed by atoms with E-state index in [1.807, 2.05) is 23.7 Å². The summed E-state index contributed by atoms with van der Waals surface area (Å²) in [5, 5.41) is 4.84. The van der Waals surface area contributed by atoms with Gasteiger partial charge in [-0.1, -0.05) is 18.5 Å². The van der Waals surface area contributed by atoms with Crippen molar-refractivity contribution in [3.63, 3.8) is 0 Å². The summed E-state index contributed by atoms with van der Waals surface area (Å²) in [5.74, 6) is 0.0739. The van der Waals surface area contributed by atoms with Gasteiger partial charge in [0, 0.05) is 35.2 Å². The Labute approximate surface area is 202 Å². The molecule has 2 aromatic heterocycles. The highest BCUT2D eigenvalue weighted by Crippen LogP contribution is 2.34. The van der Waals surface area contributed by atoms with Gasteiger partial charge in [0.15, 0.2) is 18.1 Å². The second-order valence-corrected chi connectivity index (χ2v) is 9.94. The molecule has 180 valence electrons. The first kappa shape index (κ1) is 23.0.